The van der Waals surface area contributed by atoms with Gasteiger partial charge in [-0.2, -0.15) is 0 Å². The summed E-state index contributed by atoms with van der Waals surface area (Å²) in [5.74, 6) is -0.678. The lowest BCUT2D eigenvalue weighted by atomic mass is 9.95. The van der Waals surface area contributed by atoms with Gasteiger partial charge in [-0.15, -0.1) is 0 Å². The van der Waals surface area contributed by atoms with Crippen molar-refractivity contribution in [1.82, 2.24) is 10.6 Å². The predicted molar refractivity (Wildman–Crippen MR) is 113 cm³/mol. The van der Waals surface area contributed by atoms with Crippen LogP contribution >= 0.6 is 39.7 Å². The van der Waals surface area contributed by atoms with Crippen molar-refractivity contribution in [3.63, 3.8) is 0 Å². The molecule has 3 rings (SSSR count). The van der Waals surface area contributed by atoms with Gasteiger partial charge in [-0.05, 0) is 77.4 Å². The minimum atomic E-state index is -0.518. The lowest BCUT2D eigenvalue weighted by Gasteiger charge is -2.30. The Labute approximate surface area is 175 Å². The van der Waals surface area contributed by atoms with Crippen LogP contribution in [0.1, 0.15) is 24.1 Å². The Morgan fingerprint density at radius 3 is 2.70 bits per heavy atom. The van der Waals surface area contributed by atoms with Gasteiger partial charge in [0.1, 0.15) is 5.82 Å². The van der Waals surface area contributed by atoms with Crippen molar-refractivity contribution in [1.29, 1.82) is 0 Å². The van der Waals surface area contributed by atoms with Crippen LogP contribution in [0.25, 0.3) is 0 Å². The molecular weight excluding hydrogens is 453 g/mol. The summed E-state index contributed by atoms with van der Waals surface area (Å²) in [6, 6.07) is 9.37. The number of anilines is 1. The third-order valence-electron chi connectivity index (χ3n) is 4.24. The van der Waals surface area contributed by atoms with E-state index in [1.54, 1.807) is 31.2 Å². The number of amides is 1. The van der Waals surface area contributed by atoms with E-state index >= 15 is 0 Å². The van der Waals surface area contributed by atoms with Crippen molar-refractivity contribution in [3.05, 3.63) is 74.1 Å². The van der Waals surface area contributed by atoms with Gasteiger partial charge in [0.2, 0.25) is 0 Å². The molecule has 140 valence electrons. The van der Waals surface area contributed by atoms with E-state index in [2.05, 4.69) is 31.9 Å². The number of nitrogens with one attached hydrogen (secondary N) is 3. The monoisotopic (exact) mass is 467 g/mol. The fraction of sp³-hybridized carbons (Fsp3) is 0.158. The molecule has 0 saturated heterocycles. The zero-order chi connectivity index (χ0) is 19.7. The highest BCUT2D eigenvalue weighted by Gasteiger charge is 2.30. The van der Waals surface area contributed by atoms with E-state index in [-0.39, 0.29) is 11.7 Å². The zero-order valence-corrected chi connectivity index (χ0v) is 17.7. The second-order valence-corrected chi connectivity index (χ2v) is 7.86. The molecule has 1 unspecified atom stereocenters. The molecule has 27 heavy (non-hydrogen) atoms. The van der Waals surface area contributed by atoms with Crippen LogP contribution in [0.2, 0.25) is 5.02 Å². The average Bonchev–Trinajstić information content (AvgIpc) is 2.59. The third kappa shape index (κ3) is 4.31. The van der Waals surface area contributed by atoms with Crippen LogP contribution < -0.4 is 16.0 Å². The second kappa shape index (κ2) is 7.96. The van der Waals surface area contributed by atoms with E-state index in [9.17, 15) is 9.18 Å². The summed E-state index contributed by atoms with van der Waals surface area (Å²) in [7, 11) is 0. The normalized spacial score (nSPS) is 16.6. The lowest BCUT2D eigenvalue weighted by molar-refractivity contribution is -0.113. The SMILES string of the molecule is CC1=C(C(=O)Nc2cc(Cl)ccc2C)C(c2ccc(F)c(Br)c2)NC(=S)N1. The number of carbonyl (C=O) groups excluding carboxylic acids is 1. The van der Waals surface area contributed by atoms with Gasteiger partial charge in [0.15, 0.2) is 5.11 Å². The Kier molecular flexibility index (Phi) is 5.83. The number of thiocarbonyl (C=S) groups is 1. The van der Waals surface area contributed by atoms with E-state index in [1.807, 2.05) is 13.0 Å². The van der Waals surface area contributed by atoms with Gasteiger partial charge < -0.3 is 16.0 Å². The number of hydrogen-bond acceptors (Lipinski definition) is 2. The van der Waals surface area contributed by atoms with Gasteiger partial charge in [0.05, 0.1) is 16.1 Å². The maximum absolute atomic E-state index is 13.6. The molecule has 2 aromatic rings. The molecule has 8 heteroatoms. The zero-order valence-electron chi connectivity index (χ0n) is 14.5. The largest absolute Gasteiger partial charge is 0.351 e. The molecule has 1 aliphatic rings. The first kappa shape index (κ1) is 19.8. The maximum Gasteiger partial charge on any atom is 0.255 e. The number of benzene rings is 2. The standard InChI is InChI=1S/C19H16BrClFN3OS/c1-9-3-5-12(21)8-15(9)24-18(26)16-10(2)23-19(27)25-17(16)11-4-6-14(22)13(20)7-11/h3-8,17H,1-2H3,(H,24,26)(H2,23,25,27). The predicted octanol–water partition coefficient (Wildman–Crippen LogP) is 4.98. The fourth-order valence-electron chi connectivity index (χ4n) is 2.86. The van der Waals surface area contributed by atoms with Crippen molar-refractivity contribution in [2.75, 3.05) is 5.32 Å². The highest BCUT2D eigenvalue weighted by Crippen LogP contribution is 2.31. The van der Waals surface area contributed by atoms with Crippen LogP contribution in [0.3, 0.4) is 0 Å². The molecule has 0 saturated carbocycles. The van der Waals surface area contributed by atoms with Crippen LogP contribution in [-0.4, -0.2) is 11.0 Å². The van der Waals surface area contributed by atoms with Crippen LogP contribution in [-0.2, 0) is 4.79 Å². The van der Waals surface area contributed by atoms with Gasteiger partial charge >= 0.3 is 0 Å². The molecule has 1 aliphatic heterocycles. The first-order chi connectivity index (χ1) is 12.8. The second-order valence-electron chi connectivity index (χ2n) is 6.16. The van der Waals surface area contributed by atoms with Gasteiger partial charge in [0.25, 0.3) is 5.91 Å². The first-order valence-corrected chi connectivity index (χ1v) is 9.65. The summed E-state index contributed by atoms with van der Waals surface area (Å²) in [5.41, 5.74) is 3.31. The van der Waals surface area contributed by atoms with Crippen molar-refractivity contribution < 1.29 is 9.18 Å². The number of carbonyl (C=O) groups is 1. The van der Waals surface area contributed by atoms with E-state index in [1.165, 1.54) is 6.07 Å². The van der Waals surface area contributed by atoms with Gasteiger partial charge in [-0.3, -0.25) is 4.79 Å². The molecule has 0 aliphatic carbocycles. The lowest BCUT2D eigenvalue weighted by Crippen LogP contribution is -2.45. The van der Waals surface area contributed by atoms with Gasteiger partial charge in [-0.1, -0.05) is 23.7 Å². The molecule has 1 heterocycles. The Balaban J connectivity index is 1.99. The molecule has 4 nitrogen and oxygen atoms in total. The first-order valence-electron chi connectivity index (χ1n) is 8.07. The number of allylic oxidation sites excluding steroid dienone is 1. The number of aryl methyl sites for hydroxylation is 1. The van der Waals surface area contributed by atoms with E-state index in [0.717, 1.165) is 5.56 Å². The topological polar surface area (TPSA) is 53.2 Å². The quantitative estimate of drug-likeness (QED) is 0.556. The van der Waals surface area contributed by atoms with Crippen LogP contribution in [0.5, 0.6) is 0 Å². The molecule has 1 amide bonds. The summed E-state index contributed by atoms with van der Waals surface area (Å²) < 4.78 is 13.9. The fourth-order valence-corrected chi connectivity index (χ4v) is 3.69. The third-order valence-corrected chi connectivity index (χ3v) is 5.30. The van der Waals surface area contributed by atoms with E-state index in [0.29, 0.717) is 37.1 Å². The molecule has 1 atom stereocenters. The van der Waals surface area contributed by atoms with Crippen LogP contribution in [0, 0.1) is 12.7 Å². The van der Waals surface area contributed by atoms with Crippen LogP contribution in [0.15, 0.2) is 52.1 Å². The van der Waals surface area contributed by atoms with Crippen molar-refractivity contribution >= 4 is 56.5 Å². The number of hydrogen-bond donors (Lipinski definition) is 3. The van der Waals surface area contributed by atoms with E-state index in [4.69, 9.17) is 23.8 Å². The highest BCUT2D eigenvalue weighted by atomic mass is 79.9. The summed E-state index contributed by atoms with van der Waals surface area (Å²) in [6.45, 7) is 3.66. The molecule has 0 spiro atoms. The molecule has 0 aromatic heterocycles. The molecule has 3 N–H and O–H groups in total. The molecule has 0 fully saturated rings. The smallest absolute Gasteiger partial charge is 0.255 e. The summed E-state index contributed by atoms with van der Waals surface area (Å²) in [6.07, 6.45) is 0. The van der Waals surface area contributed by atoms with Crippen molar-refractivity contribution in [2.24, 2.45) is 0 Å². The molecule has 0 bridgehead atoms. The number of rotatable bonds is 3. The van der Waals surface area contributed by atoms with Gasteiger partial charge in [0, 0.05) is 16.4 Å². The Hall–Kier alpha value is -1.96. The van der Waals surface area contributed by atoms with Crippen molar-refractivity contribution in [3.8, 4) is 0 Å². The van der Waals surface area contributed by atoms with E-state index < -0.39 is 6.04 Å². The maximum atomic E-state index is 13.6. The minimum absolute atomic E-state index is 0.300. The Morgan fingerprint density at radius 2 is 2.00 bits per heavy atom. The minimum Gasteiger partial charge on any atom is -0.351 e. The molecule has 2 aromatic carbocycles. The Morgan fingerprint density at radius 1 is 1.26 bits per heavy atom. The van der Waals surface area contributed by atoms with Crippen molar-refractivity contribution in [2.45, 2.75) is 19.9 Å². The summed E-state index contributed by atoms with van der Waals surface area (Å²) in [5, 5.41) is 9.89. The van der Waals surface area contributed by atoms with Gasteiger partial charge in [-0.25, -0.2) is 4.39 Å². The average molecular weight is 469 g/mol. The molecule has 0 radical (unpaired) electrons. The van der Waals surface area contributed by atoms with Crippen LogP contribution in [0.4, 0.5) is 10.1 Å². The summed E-state index contributed by atoms with van der Waals surface area (Å²) in [4.78, 5) is 13.1. The molecular formula is C19H16BrClFN3OS. The Bertz CT molecular complexity index is 979. The number of halogens is 3. The highest BCUT2D eigenvalue weighted by molar-refractivity contribution is 9.10. The summed E-state index contributed by atoms with van der Waals surface area (Å²) >= 11 is 14.5.